The molecular weight excluding hydrogens is 226 g/mol. The number of nitrogens with one attached hydrogen (secondary N) is 1. The average Bonchev–Trinajstić information content (AvgIpc) is 2.86. The van der Waals surface area contributed by atoms with Gasteiger partial charge in [0.1, 0.15) is 0 Å². The predicted octanol–water partition coefficient (Wildman–Crippen LogP) is 0.535. The Morgan fingerprint density at radius 1 is 1.17 bits per heavy atom. The molecule has 3 fully saturated rings. The van der Waals surface area contributed by atoms with Crippen LogP contribution in [0.3, 0.4) is 0 Å². The van der Waals surface area contributed by atoms with Gasteiger partial charge in [-0.25, -0.2) is 0 Å². The Morgan fingerprint density at radius 3 is 2.72 bits per heavy atom. The van der Waals surface area contributed by atoms with Gasteiger partial charge in [0.2, 0.25) is 0 Å². The van der Waals surface area contributed by atoms with Crippen LogP contribution in [0.4, 0.5) is 0 Å². The Balaban J connectivity index is 1.25. The number of hydrogen-bond donors (Lipinski definition) is 1. The molecule has 0 aromatic rings. The first-order chi connectivity index (χ1) is 8.92. The van der Waals surface area contributed by atoms with Gasteiger partial charge in [0.05, 0.1) is 6.10 Å². The maximum absolute atomic E-state index is 5.67. The van der Waals surface area contributed by atoms with Crippen LogP contribution < -0.4 is 5.32 Å². The summed E-state index contributed by atoms with van der Waals surface area (Å²) in [7, 11) is 0. The Kier molecular flexibility index (Phi) is 4.52. The van der Waals surface area contributed by atoms with Crippen molar-refractivity contribution in [3.8, 4) is 0 Å². The van der Waals surface area contributed by atoms with E-state index in [1.54, 1.807) is 0 Å². The molecular formula is C14H27N3O. The smallest absolute Gasteiger partial charge is 0.0576 e. The normalized spacial score (nSPS) is 31.7. The van der Waals surface area contributed by atoms with Crippen molar-refractivity contribution in [3.05, 3.63) is 0 Å². The molecule has 0 aromatic heterocycles. The van der Waals surface area contributed by atoms with Crippen LogP contribution in [0.15, 0.2) is 0 Å². The highest BCUT2D eigenvalue weighted by molar-refractivity contribution is 4.89. The standard InChI is InChI=1S/C14H27N3O/c1(3-14-4-2-10-18-14)7-16-11-13(12-16)17-8-5-15-6-9-17/h13-15H,1-12H2. The van der Waals surface area contributed by atoms with Crippen molar-refractivity contribution >= 4 is 0 Å². The molecule has 3 rings (SSSR count). The summed E-state index contributed by atoms with van der Waals surface area (Å²) in [5, 5.41) is 3.43. The molecule has 1 atom stereocenters. The van der Waals surface area contributed by atoms with Gasteiger partial charge in [0.25, 0.3) is 0 Å². The lowest BCUT2D eigenvalue weighted by molar-refractivity contribution is 0.0229. The second-order valence-electron chi connectivity index (χ2n) is 5.98. The summed E-state index contributed by atoms with van der Waals surface area (Å²) < 4.78 is 5.67. The molecule has 104 valence electrons. The third-order valence-electron chi connectivity index (χ3n) is 4.63. The van der Waals surface area contributed by atoms with E-state index in [1.807, 2.05) is 0 Å². The van der Waals surface area contributed by atoms with Crippen molar-refractivity contribution in [2.24, 2.45) is 0 Å². The van der Waals surface area contributed by atoms with E-state index in [1.165, 1.54) is 71.5 Å². The van der Waals surface area contributed by atoms with E-state index in [4.69, 9.17) is 4.74 Å². The van der Waals surface area contributed by atoms with E-state index in [-0.39, 0.29) is 0 Å². The highest BCUT2D eigenvalue weighted by Crippen LogP contribution is 2.19. The fourth-order valence-corrected chi connectivity index (χ4v) is 3.42. The van der Waals surface area contributed by atoms with Crippen LogP contribution >= 0.6 is 0 Å². The molecule has 0 spiro atoms. The molecule has 1 N–H and O–H groups in total. The summed E-state index contributed by atoms with van der Waals surface area (Å²) in [6.07, 6.45) is 5.74. The van der Waals surface area contributed by atoms with Crippen LogP contribution in [0.5, 0.6) is 0 Å². The number of nitrogens with zero attached hydrogens (tertiary/aromatic N) is 2. The first kappa shape index (κ1) is 12.9. The van der Waals surface area contributed by atoms with Crippen molar-refractivity contribution in [1.29, 1.82) is 0 Å². The number of ether oxygens (including phenoxy) is 1. The molecule has 3 saturated heterocycles. The minimum Gasteiger partial charge on any atom is -0.378 e. The number of likely N-dealkylation sites (tertiary alicyclic amines) is 1. The number of hydrogen-bond acceptors (Lipinski definition) is 4. The summed E-state index contributed by atoms with van der Waals surface area (Å²) in [5.74, 6) is 0. The second-order valence-corrected chi connectivity index (χ2v) is 5.98. The van der Waals surface area contributed by atoms with Gasteiger partial charge < -0.3 is 15.0 Å². The van der Waals surface area contributed by atoms with E-state index in [0.29, 0.717) is 6.10 Å². The largest absolute Gasteiger partial charge is 0.378 e. The molecule has 4 nitrogen and oxygen atoms in total. The third-order valence-corrected chi connectivity index (χ3v) is 4.63. The minimum absolute atomic E-state index is 0.579. The van der Waals surface area contributed by atoms with Crippen molar-refractivity contribution in [2.75, 3.05) is 52.4 Å². The maximum atomic E-state index is 5.67. The van der Waals surface area contributed by atoms with Gasteiger partial charge in [-0.1, -0.05) is 0 Å². The molecule has 3 aliphatic heterocycles. The Labute approximate surface area is 111 Å². The molecule has 0 radical (unpaired) electrons. The Bertz CT molecular complexity index is 243. The predicted molar refractivity (Wildman–Crippen MR) is 72.9 cm³/mol. The number of rotatable bonds is 5. The van der Waals surface area contributed by atoms with E-state index in [0.717, 1.165) is 12.6 Å². The van der Waals surface area contributed by atoms with Gasteiger partial charge in [-0.15, -0.1) is 0 Å². The van der Waals surface area contributed by atoms with Crippen LogP contribution in [0.25, 0.3) is 0 Å². The van der Waals surface area contributed by atoms with Gasteiger partial charge in [-0.3, -0.25) is 4.90 Å². The van der Waals surface area contributed by atoms with Crippen LogP contribution in [-0.2, 0) is 4.74 Å². The maximum Gasteiger partial charge on any atom is 0.0576 e. The fraction of sp³-hybridized carbons (Fsp3) is 1.00. The molecule has 3 aliphatic rings. The van der Waals surface area contributed by atoms with E-state index in [9.17, 15) is 0 Å². The van der Waals surface area contributed by atoms with Crippen molar-refractivity contribution in [1.82, 2.24) is 15.1 Å². The lowest BCUT2D eigenvalue weighted by atomic mass is 10.0. The molecule has 3 heterocycles. The summed E-state index contributed by atoms with van der Waals surface area (Å²) in [5.41, 5.74) is 0. The Hall–Kier alpha value is -0.160. The average molecular weight is 253 g/mol. The van der Waals surface area contributed by atoms with E-state index >= 15 is 0 Å². The lowest BCUT2D eigenvalue weighted by Gasteiger charge is -2.47. The van der Waals surface area contributed by atoms with E-state index < -0.39 is 0 Å². The van der Waals surface area contributed by atoms with E-state index in [2.05, 4.69) is 15.1 Å². The highest BCUT2D eigenvalue weighted by atomic mass is 16.5. The topological polar surface area (TPSA) is 27.7 Å². The third kappa shape index (κ3) is 3.23. The zero-order chi connectivity index (χ0) is 12.2. The summed E-state index contributed by atoms with van der Waals surface area (Å²) in [4.78, 5) is 5.27. The van der Waals surface area contributed by atoms with Crippen LogP contribution in [0.1, 0.15) is 25.7 Å². The highest BCUT2D eigenvalue weighted by Gasteiger charge is 2.31. The minimum atomic E-state index is 0.579. The number of piperazine rings is 1. The van der Waals surface area contributed by atoms with Crippen molar-refractivity contribution in [2.45, 2.75) is 37.8 Å². The van der Waals surface area contributed by atoms with Crippen molar-refractivity contribution < 1.29 is 4.74 Å². The molecule has 0 bridgehead atoms. The lowest BCUT2D eigenvalue weighted by Crippen LogP contribution is -2.62. The molecule has 0 saturated carbocycles. The van der Waals surface area contributed by atoms with Gasteiger partial charge in [-0.2, -0.15) is 0 Å². The molecule has 0 aliphatic carbocycles. The molecule has 0 aromatic carbocycles. The zero-order valence-corrected chi connectivity index (χ0v) is 11.4. The Morgan fingerprint density at radius 2 is 2.00 bits per heavy atom. The van der Waals surface area contributed by atoms with Gasteiger partial charge in [0.15, 0.2) is 0 Å². The van der Waals surface area contributed by atoms with Crippen LogP contribution in [0, 0.1) is 0 Å². The summed E-state index contributed by atoms with van der Waals surface area (Å²) in [6.45, 7) is 9.72. The van der Waals surface area contributed by atoms with Crippen molar-refractivity contribution in [3.63, 3.8) is 0 Å². The molecule has 0 amide bonds. The van der Waals surface area contributed by atoms with Gasteiger partial charge >= 0.3 is 0 Å². The second kappa shape index (κ2) is 6.33. The van der Waals surface area contributed by atoms with Crippen LogP contribution in [-0.4, -0.2) is 74.4 Å². The molecule has 4 heteroatoms. The molecule has 1 unspecified atom stereocenters. The van der Waals surface area contributed by atoms with Gasteiger partial charge in [0, 0.05) is 51.9 Å². The summed E-state index contributed by atoms with van der Waals surface area (Å²) >= 11 is 0. The SMILES string of the molecule is C1COC(CCCN2CC(N3CCNCC3)C2)C1. The first-order valence-corrected chi connectivity index (χ1v) is 7.70. The van der Waals surface area contributed by atoms with Crippen LogP contribution in [0.2, 0.25) is 0 Å². The monoisotopic (exact) mass is 253 g/mol. The first-order valence-electron chi connectivity index (χ1n) is 7.70. The fourth-order valence-electron chi connectivity index (χ4n) is 3.42. The molecule has 18 heavy (non-hydrogen) atoms. The van der Waals surface area contributed by atoms with Gasteiger partial charge in [-0.05, 0) is 32.2 Å². The zero-order valence-electron chi connectivity index (χ0n) is 11.4. The summed E-state index contributed by atoms with van der Waals surface area (Å²) in [6, 6.07) is 0.842. The quantitative estimate of drug-likeness (QED) is 0.774.